The second-order valence-corrected chi connectivity index (χ2v) is 6.76. The van der Waals surface area contributed by atoms with Crippen molar-refractivity contribution in [2.24, 2.45) is 0 Å². The molecule has 9 heteroatoms. The molecule has 0 radical (unpaired) electrons. The molecule has 0 saturated heterocycles. The molecule has 0 spiro atoms. The van der Waals surface area contributed by atoms with Gasteiger partial charge < -0.3 is 19.4 Å². The second-order valence-electron chi connectivity index (χ2n) is 6.38. The zero-order valence-corrected chi connectivity index (χ0v) is 16.2. The molecule has 0 aliphatic carbocycles. The number of aryl methyl sites for hydroxylation is 2. The molecule has 0 unspecified atom stereocenters. The van der Waals surface area contributed by atoms with Crippen molar-refractivity contribution in [3.05, 3.63) is 34.7 Å². The van der Waals surface area contributed by atoms with Crippen LogP contribution in [0, 0.1) is 6.92 Å². The van der Waals surface area contributed by atoms with E-state index in [1.54, 1.807) is 25.1 Å². The quantitative estimate of drug-likeness (QED) is 0.699. The molecule has 0 amide bonds. The largest absolute Gasteiger partial charge is 0.480 e. The van der Waals surface area contributed by atoms with Crippen LogP contribution in [0.3, 0.4) is 0 Å². The number of ether oxygens (including phenoxy) is 2. The van der Waals surface area contributed by atoms with E-state index in [9.17, 15) is 0 Å². The van der Waals surface area contributed by atoms with Crippen LogP contribution in [-0.2, 0) is 24.2 Å². The maximum atomic E-state index is 6.35. The summed E-state index contributed by atoms with van der Waals surface area (Å²) in [4.78, 5) is 9.21. The topological polar surface area (TPSA) is 79.0 Å². The monoisotopic (exact) mass is 388 g/mol. The van der Waals surface area contributed by atoms with E-state index in [0.29, 0.717) is 30.7 Å². The molecule has 4 heterocycles. The highest BCUT2D eigenvalue weighted by Gasteiger charge is 2.23. The molecule has 0 fully saturated rings. The molecule has 3 aromatic rings. The van der Waals surface area contributed by atoms with E-state index >= 15 is 0 Å². The highest BCUT2D eigenvalue weighted by molar-refractivity contribution is 6.30. The van der Waals surface area contributed by atoms with Crippen molar-refractivity contribution >= 4 is 23.2 Å². The second kappa shape index (κ2) is 7.21. The molecule has 142 valence electrons. The third kappa shape index (κ3) is 3.15. The van der Waals surface area contributed by atoms with Gasteiger partial charge in [-0.3, -0.25) is 0 Å². The Bertz CT molecular complexity index is 981. The Hall–Kier alpha value is -2.58. The van der Waals surface area contributed by atoms with Gasteiger partial charge in [0.15, 0.2) is 0 Å². The Labute approximate surface area is 162 Å². The summed E-state index contributed by atoms with van der Waals surface area (Å²) in [5.41, 5.74) is 4.89. The lowest BCUT2D eigenvalue weighted by atomic mass is 10.0. The molecule has 1 aliphatic heterocycles. The number of nitrogens with one attached hydrogen (secondary N) is 1. The summed E-state index contributed by atoms with van der Waals surface area (Å²) < 4.78 is 14.4. The van der Waals surface area contributed by atoms with Crippen LogP contribution in [0.5, 0.6) is 5.88 Å². The summed E-state index contributed by atoms with van der Waals surface area (Å²) in [6.07, 6.45) is 4.42. The van der Waals surface area contributed by atoms with Crippen molar-refractivity contribution in [1.82, 2.24) is 24.3 Å². The van der Waals surface area contributed by atoms with Crippen LogP contribution in [0.25, 0.3) is 11.4 Å². The van der Waals surface area contributed by atoms with Gasteiger partial charge in [-0.25, -0.2) is 14.6 Å². The zero-order valence-electron chi connectivity index (χ0n) is 15.5. The lowest BCUT2D eigenvalue weighted by molar-refractivity contribution is 0.179. The maximum absolute atomic E-state index is 6.35. The molecule has 27 heavy (non-hydrogen) atoms. The molecule has 0 aromatic carbocycles. The van der Waals surface area contributed by atoms with E-state index < -0.39 is 0 Å². The first kappa shape index (κ1) is 17.8. The van der Waals surface area contributed by atoms with Gasteiger partial charge in [-0.15, -0.1) is 0 Å². The van der Waals surface area contributed by atoms with Crippen LogP contribution in [0.4, 0.5) is 11.6 Å². The SMILES string of the molecule is COCCn1ncc(Nc2ncc3c(n2)-c2c(C)cc(Cl)n2CC3)c1OC. The average molecular weight is 389 g/mol. The molecule has 0 atom stereocenters. The normalized spacial score (nSPS) is 12.6. The fourth-order valence-electron chi connectivity index (χ4n) is 3.40. The summed E-state index contributed by atoms with van der Waals surface area (Å²) in [6.45, 7) is 4.03. The summed E-state index contributed by atoms with van der Waals surface area (Å²) in [5, 5.41) is 8.29. The van der Waals surface area contributed by atoms with Crippen molar-refractivity contribution in [1.29, 1.82) is 0 Å². The summed E-state index contributed by atoms with van der Waals surface area (Å²) in [5.74, 6) is 1.10. The summed E-state index contributed by atoms with van der Waals surface area (Å²) in [7, 11) is 3.26. The summed E-state index contributed by atoms with van der Waals surface area (Å²) >= 11 is 6.35. The van der Waals surface area contributed by atoms with Crippen molar-refractivity contribution < 1.29 is 9.47 Å². The smallest absolute Gasteiger partial charge is 0.236 e. The van der Waals surface area contributed by atoms with Gasteiger partial charge in [0, 0.05) is 25.4 Å². The number of aromatic nitrogens is 5. The van der Waals surface area contributed by atoms with Crippen molar-refractivity contribution in [3.8, 4) is 17.3 Å². The zero-order chi connectivity index (χ0) is 19.0. The van der Waals surface area contributed by atoms with Crippen molar-refractivity contribution in [2.45, 2.75) is 26.4 Å². The van der Waals surface area contributed by atoms with Gasteiger partial charge in [0.1, 0.15) is 10.8 Å². The highest BCUT2D eigenvalue weighted by Crippen LogP contribution is 2.35. The van der Waals surface area contributed by atoms with Crippen LogP contribution in [0.15, 0.2) is 18.5 Å². The molecule has 1 aliphatic rings. The molecule has 0 saturated carbocycles. The molecular weight excluding hydrogens is 368 g/mol. The molecule has 8 nitrogen and oxygen atoms in total. The van der Waals surface area contributed by atoms with Crippen molar-refractivity contribution in [3.63, 3.8) is 0 Å². The van der Waals surface area contributed by atoms with Gasteiger partial charge in [0.05, 0.1) is 37.8 Å². The molecule has 1 N–H and O–H groups in total. The third-order valence-corrected chi connectivity index (χ3v) is 4.98. The van der Waals surface area contributed by atoms with Gasteiger partial charge >= 0.3 is 0 Å². The van der Waals surface area contributed by atoms with Gasteiger partial charge in [-0.1, -0.05) is 11.6 Å². The minimum Gasteiger partial charge on any atom is -0.480 e. The van der Waals surface area contributed by atoms with Crippen molar-refractivity contribution in [2.75, 3.05) is 26.1 Å². The lowest BCUT2D eigenvalue weighted by Crippen LogP contribution is -2.14. The first-order chi connectivity index (χ1) is 13.1. The Kier molecular flexibility index (Phi) is 4.75. The van der Waals surface area contributed by atoms with E-state index in [4.69, 9.17) is 26.1 Å². The number of fused-ring (bicyclic) bond motifs is 3. The first-order valence-corrected chi connectivity index (χ1v) is 9.07. The lowest BCUT2D eigenvalue weighted by Gasteiger charge is -2.20. The fourth-order valence-corrected chi connectivity index (χ4v) is 3.73. The van der Waals surface area contributed by atoms with E-state index in [1.807, 2.05) is 19.2 Å². The van der Waals surface area contributed by atoms with Gasteiger partial charge in [0.25, 0.3) is 0 Å². The predicted molar refractivity (Wildman–Crippen MR) is 103 cm³/mol. The van der Waals surface area contributed by atoms with E-state index in [2.05, 4.69) is 20.0 Å². The van der Waals surface area contributed by atoms with Gasteiger partial charge in [-0.2, -0.15) is 5.10 Å². The van der Waals surface area contributed by atoms with E-state index in [-0.39, 0.29) is 0 Å². The van der Waals surface area contributed by atoms with Crippen LogP contribution in [0.2, 0.25) is 5.15 Å². The van der Waals surface area contributed by atoms with Crippen LogP contribution < -0.4 is 10.1 Å². The standard InChI is InChI=1S/C18H21ClN6O2/c1-11-8-14(19)24-5-4-12-9-20-18(23-15(12)16(11)24)22-13-10-21-25(6-7-26-2)17(13)27-3/h8-10H,4-7H2,1-3H3,(H,20,22,23). The molecule has 0 bridgehead atoms. The van der Waals surface area contributed by atoms with Crippen LogP contribution >= 0.6 is 11.6 Å². The average Bonchev–Trinajstić information content (AvgIpc) is 3.19. The van der Waals surface area contributed by atoms with E-state index in [1.165, 1.54) is 0 Å². The molecule has 3 aromatic heterocycles. The maximum Gasteiger partial charge on any atom is 0.236 e. The number of nitrogens with zero attached hydrogens (tertiary/aromatic N) is 5. The number of rotatable bonds is 6. The number of hydrogen-bond acceptors (Lipinski definition) is 6. The van der Waals surface area contributed by atoms with Crippen LogP contribution in [0.1, 0.15) is 11.1 Å². The van der Waals surface area contributed by atoms with E-state index in [0.717, 1.165) is 40.6 Å². The van der Waals surface area contributed by atoms with Gasteiger partial charge in [-0.05, 0) is 25.0 Å². The number of halogens is 1. The minimum atomic E-state index is 0.489. The highest BCUT2D eigenvalue weighted by atomic mass is 35.5. The first-order valence-electron chi connectivity index (χ1n) is 8.70. The summed E-state index contributed by atoms with van der Waals surface area (Å²) in [6, 6.07) is 1.98. The number of methoxy groups -OCH3 is 2. The molecule has 4 rings (SSSR count). The fraction of sp³-hybridized carbons (Fsp3) is 0.389. The predicted octanol–water partition coefficient (Wildman–Crippen LogP) is 3.06. The molecular formula is C18H21ClN6O2. The minimum absolute atomic E-state index is 0.489. The third-order valence-electron chi connectivity index (χ3n) is 4.67. The Morgan fingerprint density at radius 1 is 1.30 bits per heavy atom. The Balaban J connectivity index is 1.67. The van der Waals surface area contributed by atoms with Crippen LogP contribution in [-0.4, -0.2) is 45.1 Å². The Morgan fingerprint density at radius 3 is 2.93 bits per heavy atom. The number of anilines is 2. The van der Waals surface area contributed by atoms with Gasteiger partial charge in [0.2, 0.25) is 11.8 Å². The Morgan fingerprint density at radius 2 is 2.15 bits per heavy atom. The number of hydrogen-bond donors (Lipinski definition) is 1.